The molecule has 2 rings (SSSR count). The lowest BCUT2D eigenvalue weighted by atomic mass is 9.88. The zero-order valence-electron chi connectivity index (χ0n) is 9.83. The highest BCUT2D eigenvalue weighted by atomic mass is 79.9. The summed E-state index contributed by atoms with van der Waals surface area (Å²) < 4.78 is 6.05. The molecule has 0 N–H and O–H groups in total. The van der Waals surface area contributed by atoms with Crippen molar-refractivity contribution in [3.05, 3.63) is 45.4 Å². The molecule has 1 aromatic rings. The standard InChI is InChI=1S/C14H15BrO2/c1-2-17-14(16)8-10-3-4-12-9-13(15)6-5-11(12)7-10/h5-6,8-9H,2-4,7H2,1H3/b10-8+. The van der Waals surface area contributed by atoms with Gasteiger partial charge in [-0.25, -0.2) is 4.79 Å². The number of hydrogen-bond acceptors (Lipinski definition) is 2. The maximum absolute atomic E-state index is 11.4. The Kier molecular flexibility index (Phi) is 4.00. The smallest absolute Gasteiger partial charge is 0.330 e. The SMILES string of the molecule is CCOC(=O)/C=C1\CCc2cc(Br)ccc2C1. The Labute approximate surface area is 110 Å². The monoisotopic (exact) mass is 294 g/mol. The van der Waals surface area contributed by atoms with E-state index < -0.39 is 0 Å². The number of allylic oxidation sites excluding steroid dienone is 1. The van der Waals surface area contributed by atoms with Crippen LogP contribution in [-0.4, -0.2) is 12.6 Å². The summed E-state index contributed by atoms with van der Waals surface area (Å²) >= 11 is 3.48. The van der Waals surface area contributed by atoms with Crippen LogP contribution in [0.5, 0.6) is 0 Å². The van der Waals surface area contributed by atoms with Gasteiger partial charge in [-0.2, -0.15) is 0 Å². The number of hydrogen-bond donors (Lipinski definition) is 0. The fourth-order valence-electron chi connectivity index (χ4n) is 2.10. The summed E-state index contributed by atoms with van der Waals surface area (Å²) in [5.74, 6) is -0.219. The molecule has 0 saturated carbocycles. The molecule has 0 fully saturated rings. The number of halogens is 1. The van der Waals surface area contributed by atoms with Gasteiger partial charge in [-0.15, -0.1) is 0 Å². The van der Waals surface area contributed by atoms with Gasteiger partial charge in [-0.3, -0.25) is 0 Å². The Morgan fingerprint density at radius 1 is 1.41 bits per heavy atom. The molecule has 0 aromatic heterocycles. The molecule has 0 atom stereocenters. The van der Waals surface area contributed by atoms with E-state index >= 15 is 0 Å². The molecular formula is C14H15BrO2. The highest BCUT2D eigenvalue weighted by Crippen LogP contribution is 2.27. The number of carbonyl (C=O) groups is 1. The lowest BCUT2D eigenvalue weighted by Crippen LogP contribution is -2.08. The van der Waals surface area contributed by atoms with Crippen molar-refractivity contribution in [1.29, 1.82) is 0 Å². The number of fused-ring (bicyclic) bond motifs is 1. The third-order valence-electron chi connectivity index (χ3n) is 2.91. The third-order valence-corrected chi connectivity index (χ3v) is 3.40. The van der Waals surface area contributed by atoms with E-state index in [9.17, 15) is 4.79 Å². The number of carbonyl (C=O) groups excluding carboxylic acids is 1. The van der Waals surface area contributed by atoms with Crippen molar-refractivity contribution >= 4 is 21.9 Å². The second-order valence-corrected chi connectivity index (χ2v) is 5.06. The lowest BCUT2D eigenvalue weighted by Gasteiger charge is -2.18. The van der Waals surface area contributed by atoms with E-state index in [1.807, 2.05) is 13.0 Å². The van der Waals surface area contributed by atoms with Gasteiger partial charge in [-0.05, 0) is 49.4 Å². The van der Waals surface area contributed by atoms with Crippen molar-refractivity contribution < 1.29 is 9.53 Å². The average Bonchev–Trinajstić information content (AvgIpc) is 2.29. The molecule has 3 heteroatoms. The Morgan fingerprint density at radius 3 is 3.00 bits per heavy atom. The van der Waals surface area contributed by atoms with Crippen molar-refractivity contribution in [2.75, 3.05) is 6.61 Å². The second-order valence-electron chi connectivity index (χ2n) is 4.14. The van der Waals surface area contributed by atoms with E-state index in [1.165, 1.54) is 16.7 Å². The molecule has 0 amide bonds. The molecular weight excluding hydrogens is 280 g/mol. The van der Waals surface area contributed by atoms with E-state index in [0.29, 0.717) is 6.61 Å². The summed E-state index contributed by atoms with van der Waals surface area (Å²) in [6, 6.07) is 6.33. The first-order valence-corrected chi connectivity index (χ1v) is 6.62. The number of rotatable bonds is 2. The highest BCUT2D eigenvalue weighted by molar-refractivity contribution is 9.10. The van der Waals surface area contributed by atoms with Gasteiger partial charge in [0.2, 0.25) is 0 Å². The third kappa shape index (κ3) is 3.19. The quantitative estimate of drug-likeness (QED) is 0.617. The molecule has 0 radical (unpaired) electrons. The van der Waals surface area contributed by atoms with Crippen LogP contribution in [-0.2, 0) is 22.4 Å². The van der Waals surface area contributed by atoms with Gasteiger partial charge in [0.1, 0.15) is 0 Å². The predicted molar refractivity (Wildman–Crippen MR) is 70.9 cm³/mol. The molecule has 0 saturated heterocycles. The summed E-state index contributed by atoms with van der Waals surface area (Å²) in [5, 5.41) is 0. The molecule has 2 nitrogen and oxygen atoms in total. The second kappa shape index (κ2) is 5.50. The molecule has 0 spiro atoms. The largest absolute Gasteiger partial charge is 0.463 e. The van der Waals surface area contributed by atoms with Crippen molar-refractivity contribution in [2.45, 2.75) is 26.2 Å². The van der Waals surface area contributed by atoms with Crippen molar-refractivity contribution in [3.8, 4) is 0 Å². The van der Waals surface area contributed by atoms with Crippen LogP contribution in [0.25, 0.3) is 0 Å². The number of benzene rings is 1. The Morgan fingerprint density at radius 2 is 2.24 bits per heavy atom. The van der Waals surface area contributed by atoms with Gasteiger partial charge in [0.15, 0.2) is 0 Å². The normalized spacial score (nSPS) is 16.7. The van der Waals surface area contributed by atoms with Crippen LogP contribution in [0.3, 0.4) is 0 Å². The lowest BCUT2D eigenvalue weighted by molar-refractivity contribution is -0.137. The summed E-state index contributed by atoms with van der Waals surface area (Å²) in [6.07, 6.45) is 4.46. The number of esters is 1. The predicted octanol–water partition coefficient (Wildman–Crippen LogP) is 3.43. The molecule has 90 valence electrons. The van der Waals surface area contributed by atoms with Crippen LogP contribution in [0.15, 0.2) is 34.3 Å². The minimum absolute atomic E-state index is 0.219. The van der Waals surface area contributed by atoms with E-state index in [1.54, 1.807) is 6.08 Å². The summed E-state index contributed by atoms with van der Waals surface area (Å²) in [5.41, 5.74) is 3.86. The maximum atomic E-state index is 11.4. The first-order chi connectivity index (χ1) is 8.19. The van der Waals surface area contributed by atoms with Gasteiger partial charge < -0.3 is 4.74 Å². The van der Waals surface area contributed by atoms with Crippen LogP contribution < -0.4 is 0 Å². The molecule has 0 heterocycles. The van der Waals surface area contributed by atoms with Crippen LogP contribution in [0, 0.1) is 0 Å². The topological polar surface area (TPSA) is 26.3 Å². The van der Waals surface area contributed by atoms with Crippen molar-refractivity contribution in [3.63, 3.8) is 0 Å². The van der Waals surface area contributed by atoms with Crippen LogP contribution in [0.2, 0.25) is 0 Å². The van der Waals surface area contributed by atoms with Gasteiger partial charge in [-0.1, -0.05) is 27.6 Å². The van der Waals surface area contributed by atoms with E-state index in [-0.39, 0.29) is 5.97 Å². The molecule has 17 heavy (non-hydrogen) atoms. The zero-order chi connectivity index (χ0) is 12.3. The van der Waals surface area contributed by atoms with Crippen LogP contribution in [0.1, 0.15) is 24.5 Å². The van der Waals surface area contributed by atoms with Crippen molar-refractivity contribution in [2.24, 2.45) is 0 Å². The molecule has 0 unspecified atom stereocenters. The van der Waals surface area contributed by atoms with E-state index in [0.717, 1.165) is 23.7 Å². The molecule has 1 aliphatic rings. The Balaban J connectivity index is 2.13. The molecule has 0 aliphatic heterocycles. The molecule has 0 bridgehead atoms. The fourth-order valence-corrected chi connectivity index (χ4v) is 2.51. The van der Waals surface area contributed by atoms with Crippen molar-refractivity contribution in [1.82, 2.24) is 0 Å². The zero-order valence-corrected chi connectivity index (χ0v) is 11.4. The maximum Gasteiger partial charge on any atom is 0.330 e. The molecule has 1 aromatic carbocycles. The Bertz CT molecular complexity index is 463. The van der Waals surface area contributed by atoms with Gasteiger partial charge in [0, 0.05) is 10.5 Å². The van der Waals surface area contributed by atoms with Gasteiger partial charge >= 0.3 is 5.97 Å². The Hall–Kier alpha value is -1.09. The van der Waals surface area contributed by atoms with Crippen LogP contribution in [0.4, 0.5) is 0 Å². The summed E-state index contributed by atoms with van der Waals surface area (Å²) in [6.45, 7) is 2.26. The highest BCUT2D eigenvalue weighted by Gasteiger charge is 2.14. The first-order valence-electron chi connectivity index (χ1n) is 5.82. The fraction of sp³-hybridized carbons (Fsp3) is 0.357. The number of aryl methyl sites for hydroxylation is 1. The minimum atomic E-state index is -0.219. The van der Waals surface area contributed by atoms with E-state index in [2.05, 4.69) is 28.1 Å². The van der Waals surface area contributed by atoms with Gasteiger partial charge in [0.05, 0.1) is 6.61 Å². The minimum Gasteiger partial charge on any atom is -0.463 e. The summed E-state index contributed by atoms with van der Waals surface area (Å²) in [4.78, 5) is 11.4. The van der Waals surface area contributed by atoms with Crippen LogP contribution >= 0.6 is 15.9 Å². The first kappa shape index (κ1) is 12.4. The van der Waals surface area contributed by atoms with Gasteiger partial charge in [0.25, 0.3) is 0 Å². The number of ether oxygens (including phenoxy) is 1. The van der Waals surface area contributed by atoms with E-state index in [4.69, 9.17) is 4.74 Å². The molecule has 1 aliphatic carbocycles. The summed E-state index contributed by atoms with van der Waals surface area (Å²) in [7, 11) is 0. The average molecular weight is 295 g/mol.